The van der Waals surface area contributed by atoms with Gasteiger partial charge in [0.25, 0.3) is 0 Å². The molecule has 0 fully saturated rings. The predicted octanol–water partition coefficient (Wildman–Crippen LogP) is 3.49. The molecule has 2 N–H and O–H groups in total. The van der Waals surface area contributed by atoms with Gasteiger partial charge in [0, 0.05) is 0 Å². The van der Waals surface area contributed by atoms with Crippen LogP contribution in [0.1, 0.15) is 58.3 Å². The monoisotopic (exact) mass is 172 g/mol. The number of unbranched alkanes of at least 4 members (excludes halogenated alkanes) is 7. The fourth-order valence-electron chi connectivity index (χ4n) is 1.25. The summed E-state index contributed by atoms with van der Waals surface area (Å²) in [4.78, 5) is 0. The van der Waals surface area contributed by atoms with Crippen molar-refractivity contribution in [2.75, 3.05) is 0 Å². The summed E-state index contributed by atoms with van der Waals surface area (Å²) in [6, 6.07) is 0. The Morgan fingerprint density at radius 3 is 1.92 bits per heavy atom. The van der Waals surface area contributed by atoms with E-state index in [9.17, 15) is 0 Å². The summed E-state index contributed by atoms with van der Waals surface area (Å²) in [5.74, 6) is 0. The van der Waals surface area contributed by atoms with Gasteiger partial charge in [0.15, 0.2) is 0 Å². The van der Waals surface area contributed by atoms with E-state index < -0.39 is 0 Å². The molecule has 0 unspecified atom stereocenters. The molecule has 0 atom stereocenters. The second-order valence-corrected chi connectivity index (χ2v) is 3.20. The van der Waals surface area contributed by atoms with E-state index in [1.165, 1.54) is 51.4 Å². The quantitative estimate of drug-likeness (QED) is 0.396. The van der Waals surface area contributed by atoms with Crippen LogP contribution < -0.4 is 0 Å². The lowest BCUT2D eigenvalue weighted by Crippen LogP contribution is -1.78. The van der Waals surface area contributed by atoms with Gasteiger partial charge in [-0.05, 0) is 12.8 Å². The number of rotatable bonds is 8. The molecule has 0 aromatic carbocycles. The van der Waals surface area contributed by atoms with Crippen LogP contribution in [0.2, 0.25) is 0 Å². The third-order valence-electron chi connectivity index (χ3n) is 2.01. The zero-order chi connectivity index (χ0) is 8.36. The zero-order valence-corrected chi connectivity index (χ0v) is 8.44. The highest BCUT2D eigenvalue weighted by atomic mass is 16.0. The van der Waals surface area contributed by atoms with Gasteiger partial charge < -0.3 is 5.48 Å². The molecule has 1 nitrogen and oxygen atoms in total. The van der Waals surface area contributed by atoms with Crippen molar-refractivity contribution in [2.24, 2.45) is 0 Å². The second kappa shape index (κ2) is 13.3. The third-order valence-corrected chi connectivity index (χ3v) is 2.01. The van der Waals surface area contributed by atoms with Gasteiger partial charge in [-0.25, -0.2) is 0 Å². The van der Waals surface area contributed by atoms with Crippen LogP contribution in [0, 0.1) is 0 Å². The first kappa shape index (κ1) is 14.2. The fourth-order valence-corrected chi connectivity index (χ4v) is 1.25. The van der Waals surface area contributed by atoms with E-state index >= 15 is 0 Å². The first-order valence-electron chi connectivity index (χ1n) is 5.02. The number of hydrogen-bond donors (Lipinski definition) is 0. The molecule has 0 rings (SSSR count). The smallest absolute Gasteiger partial charge is 0.0353 e. The van der Waals surface area contributed by atoms with Crippen LogP contribution >= 0.6 is 0 Å². The normalized spacial score (nSPS) is 9.08. The molecule has 0 aliphatic carbocycles. The van der Waals surface area contributed by atoms with Crippen molar-refractivity contribution in [3.63, 3.8) is 0 Å². The molecule has 1 heteroatoms. The van der Waals surface area contributed by atoms with Crippen LogP contribution in [0.3, 0.4) is 0 Å². The zero-order valence-electron chi connectivity index (χ0n) is 8.44. The lowest BCUT2D eigenvalue weighted by Gasteiger charge is -1.98. The Bertz CT molecular complexity index is 79.1. The summed E-state index contributed by atoms with van der Waals surface area (Å²) in [5.41, 5.74) is 0. The van der Waals surface area contributed by atoms with Crippen LogP contribution in [0.4, 0.5) is 0 Å². The van der Waals surface area contributed by atoms with E-state index in [-0.39, 0.29) is 5.48 Å². The number of hydrogen-bond acceptors (Lipinski definition) is 0. The highest BCUT2D eigenvalue weighted by Crippen LogP contribution is 2.07. The van der Waals surface area contributed by atoms with Gasteiger partial charge in [-0.2, -0.15) is 0 Å². The van der Waals surface area contributed by atoms with Gasteiger partial charge in [0.2, 0.25) is 0 Å². The Balaban J connectivity index is 0. The van der Waals surface area contributed by atoms with E-state index in [1.807, 2.05) is 6.08 Å². The Morgan fingerprint density at radius 1 is 0.917 bits per heavy atom. The van der Waals surface area contributed by atoms with Crippen LogP contribution in [0.25, 0.3) is 0 Å². The molecule has 0 bridgehead atoms. The maximum atomic E-state index is 3.71. The summed E-state index contributed by atoms with van der Waals surface area (Å²) in [5, 5.41) is 0. The van der Waals surface area contributed by atoms with Crippen molar-refractivity contribution >= 4 is 0 Å². The molecule has 0 aromatic heterocycles. The lowest BCUT2D eigenvalue weighted by atomic mass is 10.1. The molecule has 0 amide bonds. The van der Waals surface area contributed by atoms with Crippen molar-refractivity contribution < 1.29 is 5.48 Å². The molecule has 0 saturated carbocycles. The molecule has 0 heterocycles. The summed E-state index contributed by atoms with van der Waals surface area (Å²) in [6.07, 6.45) is 13.0. The van der Waals surface area contributed by atoms with Gasteiger partial charge >= 0.3 is 0 Å². The average Bonchev–Trinajstić information content (AvgIpc) is 2.03. The molecular formula is C11H24O. The maximum Gasteiger partial charge on any atom is -0.0353 e. The van der Waals surface area contributed by atoms with Crippen molar-refractivity contribution in [2.45, 2.75) is 58.3 Å². The molecule has 0 aliphatic rings. The molecular weight excluding hydrogens is 148 g/mol. The molecule has 0 aliphatic heterocycles. The molecule has 74 valence electrons. The maximum absolute atomic E-state index is 3.71. The molecule has 0 saturated heterocycles. The highest BCUT2D eigenvalue weighted by molar-refractivity contribution is 4.65. The molecule has 0 radical (unpaired) electrons. The van der Waals surface area contributed by atoms with E-state index in [0.717, 1.165) is 0 Å². The van der Waals surface area contributed by atoms with Crippen LogP contribution in [0.5, 0.6) is 0 Å². The summed E-state index contributed by atoms with van der Waals surface area (Å²) in [7, 11) is 0. The Hall–Kier alpha value is -0.300. The Kier molecular flexibility index (Phi) is 15.8. The van der Waals surface area contributed by atoms with Crippen LogP contribution in [-0.4, -0.2) is 5.48 Å². The van der Waals surface area contributed by atoms with Gasteiger partial charge in [-0.1, -0.05) is 51.5 Å². The first-order valence-corrected chi connectivity index (χ1v) is 5.02. The van der Waals surface area contributed by atoms with Crippen molar-refractivity contribution in [3.05, 3.63) is 12.7 Å². The largest absolute Gasteiger partial charge is 0.412 e. The number of allylic oxidation sites excluding steroid dienone is 1. The van der Waals surface area contributed by atoms with Gasteiger partial charge in [0.05, 0.1) is 0 Å². The summed E-state index contributed by atoms with van der Waals surface area (Å²) >= 11 is 0. The lowest BCUT2D eigenvalue weighted by molar-refractivity contribution is 0.592. The van der Waals surface area contributed by atoms with Gasteiger partial charge in [-0.3, -0.25) is 0 Å². The highest BCUT2D eigenvalue weighted by Gasteiger charge is 1.88. The average molecular weight is 172 g/mol. The molecule has 12 heavy (non-hydrogen) atoms. The van der Waals surface area contributed by atoms with Crippen LogP contribution in [0.15, 0.2) is 12.7 Å². The SMILES string of the molecule is C=CCCCCCCCCC.O. The fraction of sp³-hybridized carbons (Fsp3) is 0.818. The summed E-state index contributed by atoms with van der Waals surface area (Å²) in [6.45, 7) is 5.97. The Labute approximate surface area is 77.2 Å². The third kappa shape index (κ3) is 12.4. The van der Waals surface area contributed by atoms with E-state index in [0.29, 0.717) is 0 Å². The summed E-state index contributed by atoms with van der Waals surface area (Å²) < 4.78 is 0. The van der Waals surface area contributed by atoms with Crippen molar-refractivity contribution in [3.8, 4) is 0 Å². The standard InChI is InChI=1S/C11H22.H2O/c1-3-5-7-9-11-10-8-6-4-2;/h3H,1,4-11H2,2H3;1H2. The minimum atomic E-state index is 0. The minimum absolute atomic E-state index is 0. The van der Waals surface area contributed by atoms with E-state index in [1.54, 1.807) is 0 Å². The minimum Gasteiger partial charge on any atom is -0.412 e. The molecule has 0 spiro atoms. The van der Waals surface area contributed by atoms with Crippen LogP contribution in [-0.2, 0) is 0 Å². The van der Waals surface area contributed by atoms with Gasteiger partial charge in [-0.15, -0.1) is 6.58 Å². The Morgan fingerprint density at radius 2 is 1.42 bits per heavy atom. The predicted molar refractivity (Wildman–Crippen MR) is 56.4 cm³/mol. The van der Waals surface area contributed by atoms with Gasteiger partial charge in [0.1, 0.15) is 0 Å². The van der Waals surface area contributed by atoms with Crippen molar-refractivity contribution in [1.82, 2.24) is 0 Å². The topological polar surface area (TPSA) is 31.5 Å². The van der Waals surface area contributed by atoms with E-state index in [2.05, 4.69) is 13.5 Å². The molecule has 0 aromatic rings. The van der Waals surface area contributed by atoms with E-state index in [4.69, 9.17) is 0 Å². The second-order valence-electron chi connectivity index (χ2n) is 3.20. The first-order chi connectivity index (χ1) is 5.41. The van der Waals surface area contributed by atoms with Crippen molar-refractivity contribution in [1.29, 1.82) is 0 Å².